The van der Waals surface area contributed by atoms with E-state index in [4.69, 9.17) is 13.9 Å². The highest BCUT2D eigenvalue weighted by atomic mass is 16.7. The van der Waals surface area contributed by atoms with Crippen molar-refractivity contribution in [1.82, 2.24) is 0 Å². The van der Waals surface area contributed by atoms with Crippen molar-refractivity contribution in [3.05, 3.63) is 34.4 Å². The van der Waals surface area contributed by atoms with Crippen LogP contribution in [0.1, 0.15) is 77.2 Å². The van der Waals surface area contributed by atoms with Crippen LogP contribution in [-0.2, 0) is 14.3 Å². The number of hydrogen-bond acceptors (Lipinski definition) is 6. The number of aliphatic hydroxyl groups excluding tert-OH is 1. The van der Waals surface area contributed by atoms with Gasteiger partial charge in [0, 0.05) is 24.3 Å². The summed E-state index contributed by atoms with van der Waals surface area (Å²) in [6, 6.07) is 3.30. The van der Waals surface area contributed by atoms with E-state index in [2.05, 4.69) is 13.8 Å². The van der Waals surface area contributed by atoms with E-state index < -0.39 is 0 Å². The Bertz CT molecular complexity index is 982. The molecule has 10 atom stereocenters. The lowest BCUT2D eigenvalue weighted by atomic mass is 9.44. The molecule has 4 saturated carbocycles. The average molecular weight is 443 g/mol. The topological polar surface area (TPSA) is 89.3 Å². The Hall–Kier alpha value is -1.66. The van der Waals surface area contributed by atoms with Crippen molar-refractivity contribution >= 4 is 5.97 Å². The number of carbonyl (C=O) groups is 1. The molecule has 0 bridgehead atoms. The summed E-state index contributed by atoms with van der Waals surface area (Å²) >= 11 is 0. The minimum absolute atomic E-state index is 0.0471. The van der Waals surface area contributed by atoms with E-state index in [1.165, 1.54) is 13.0 Å². The van der Waals surface area contributed by atoms with Crippen molar-refractivity contribution in [3.8, 4) is 0 Å². The molecule has 1 aliphatic heterocycles. The number of ether oxygens (including phenoxy) is 2. The molecule has 1 aromatic heterocycles. The summed E-state index contributed by atoms with van der Waals surface area (Å²) in [5.41, 5.74) is 0.319. The fourth-order valence-corrected chi connectivity index (χ4v) is 9.10. The minimum Gasteiger partial charge on any atom is -0.459 e. The first-order valence-electron chi connectivity index (χ1n) is 12.3. The van der Waals surface area contributed by atoms with Crippen molar-refractivity contribution < 1.29 is 23.8 Å². The molecular formula is C26H34O6. The lowest BCUT2D eigenvalue weighted by molar-refractivity contribution is -0.158. The Morgan fingerprint density at radius 1 is 1.12 bits per heavy atom. The van der Waals surface area contributed by atoms with Gasteiger partial charge in [0.2, 0.25) is 0 Å². The van der Waals surface area contributed by atoms with E-state index in [0.717, 1.165) is 50.5 Å². The molecule has 1 spiro atoms. The molecule has 0 radical (unpaired) electrons. The molecule has 6 rings (SSSR count). The molecular weight excluding hydrogens is 408 g/mol. The van der Waals surface area contributed by atoms with Crippen molar-refractivity contribution in [2.45, 2.75) is 95.5 Å². The van der Waals surface area contributed by atoms with E-state index in [0.29, 0.717) is 17.8 Å². The molecule has 6 heteroatoms. The van der Waals surface area contributed by atoms with Crippen molar-refractivity contribution in [2.75, 3.05) is 0 Å². The van der Waals surface area contributed by atoms with Crippen LogP contribution in [0.15, 0.2) is 27.6 Å². The molecule has 0 aromatic carbocycles. The van der Waals surface area contributed by atoms with Crippen LogP contribution in [0.3, 0.4) is 0 Å². The van der Waals surface area contributed by atoms with Gasteiger partial charge in [0.15, 0.2) is 0 Å². The maximum absolute atomic E-state index is 12.1. The van der Waals surface area contributed by atoms with Crippen LogP contribution < -0.4 is 5.63 Å². The maximum atomic E-state index is 12.1. The van der Waals surface area contributed by atoms with Gasteiger partial charge in [-0.2, -0.15) is 0 Å². The molecule has 5 aliphatic rings. The minimum atomic E-state index is -0.369. The highest BCUT2D eigenvalue weighted by Crippen LogP contribution is 2.78. The van der Waals surface area contributed by atoms with Crippen LogP contribution >= 0.6 is 0 Å². The van der Waals surface area contributed by atoms with Gasteiger partial charge in [0.25, 0.3) is 0 Å². The SMILES string of the molecule is CC(=O)O[C@H]1[C@H]2O[C@]23[C@@H]2CCC4C[C@@H](O)CC[C@]4(C)[C@H]2CC[C@]3(C)[C@H]1c1ccc(=O)oc1. The molecule has 5 fully saturated rings. The molecule has 32 heavy (non-hydrogen) atoms. The van der Waals surface area contributed by atoms with Gasteiger partial charge in [-0.3, -0.25) is 4.79 Å². The van der Waals surface area contributed by atoms with E-state index in [1.807, 2.05) is 6.07 Å². The van der Waals surface area contributed by atoms with E-state index >= 15 is 0 Å². The zero-order valence-electron chi connectivity index (χ0n) is 19.2. The van der Waals surface area contributed by atoms with Gasteiger partial charge in [-0.25, -0.2) is 4.79 Å². The quantitative estimate of drug-likeness (QED) is 0.554. The van der Waals surface area contributed by atoms with Crippen LogP contribution in [0.5, 0.6) is 0 Å². The smallest absolute Gasteiger partial charge is 0.335 e. The third-order valence-corrected chi connectivity index (χ3v) is 10.5. The van der Waals surface area contributed by atoms with Gasteiger partial charge in [-0.05, 0) is 79.7 Å². The van der Waals surface area contributed by atoms with Gasteiger partial charge in [-0.15, -0.1) is 0 Å². The van der Waals surface area contributed by atoms with Gasteiger partial charge in [0.05, 0.1) is 12.4 Å². The Balaban J connectivity index is 1.41. The highest BCUT2D eigenvalue weighted by Gasteiger charge is 2.84. The second-order valence-electron chi connectivity index (χ2n) is 11.6. The van der Waals surface area contributed by atoms with Crippen molar-refractivity contribution in [3.63, 3.8) is 0 Å². The fraction of sp³-hybridized carbons (Fsp3) is 0.769. The average Bonchev–Trinajstić information content (AvgIpc) is 3.44. The van der Waals surface area contributed by atoms with Crippen LogP contribution in [0.25, 0.3) is 0 Å². The van der Waals surface area contributed by atoms with Gasteiger partial charge >= 0.3 is 11.6 Å². The third kappa shape index (κ3) is 2.54. The predicted molar refractivity (Wildman–Crippen MR) is 116 cm³/mol. The second-order valence-corrected chi connectivity index (χ2v) is 11.6. The second kappa shape index (κ2) is 6.69. The zero-order valence-corrected chi connectivity index (χ0v) is 19.2. The number of rotatable bonds is 2. The first-order chi connectivity index (χ1) is 15.2. The number of epoxide rings is 1. The lowest BCUT2D eigenvalue weighted by Crippen LogP contribution is -2.58. The number of esters is 1. The van der Waals surface area contributed by atoms with Gasteiger partial charge in [-0.1, -0.05) is 13.8 Å². The number of carbonyl (C=O) groups excluding carboxylic acids is 1. The van der Waals surface area contributed by atoms with Crippen molar-refractivity contribution in [2.24, 2.45) is 28.6 Å². The van der Waals surface area contributed by atoms with Crippen LogP contribution in [-0.4, -0.2) is 35.0 Å². The number of hydrogen-bond donors (Lipinski definition) is 1. The summed E-state index contributed by atoms with van der Waals surface area (Å²) in [7, 11) is 0. The summed E-state index contributed by atoms with van der Waals surface area (Å²) in [5, 5.41) is 10.3. The Labute approximate surface area is 188 Å². The molecule has 2 heterocycles. The third-order valence-electron chi connectivity index (χ3n) is 10.5. The largest absolute Gasteiger partial charge is 0.459 e. The molecule has 1 N–H and O–H groups in total. The van der Waals surface area contributed by atoms with E-state index in [9.17, 15) is 14.7 Å². The Kier molecular flexibility index (Phi) is 4.37. The molecule has 174 valence electrons. The number of fused-ring (bicyclic) bond motifs is 3. The summed E-state index contributed by atoms with van der Waals surface area (Å²) in [6.07, 6.45) is 8.20. The first-order valence-corrected chi connectivity index (χ1v) is 12.3. The summed E-state index contributed by atoms with van der Waals surface area (Å²) < 4.78 is 17.8. The zero-order chi connectivity index (χ0) is 22.5. The predicted octanol–water partition coefficient (Wildman–Crippen LogP) is 3.80. The van der Waals surface area contributed by atoms with Crippen LogP contribution in [0, 0.1) is 28.6 Å². The summed E-state index contributed by atoms with van der Waals surface area (Å²) in [4.78, 5) is 23.7. The maximum Gasteiger partial charge on any atom is 0.335 e. The summed E-state index contributed by atoms with van der Waals surface area (Å²) in [5.74, 6) is 1.24. The molecule has 1 saturated heterocycles. The summed E-state index contributed by atoms with van der Waals surface area (Å²) in [6.45, 7) is 6.23. The van der Waals surface area contributed by atoms with Crippen LogP contribution in [0.2, 0.25) is 0 Å². The molecule has 0 amide bonds. The molecule has 1 unspecified atom stereocenters. The van der Waals surface area contributed by atoms with E-state index in [-0.39, 0.29) is 52.3 Å². The standard InChI is InChI=1S/C26H34O6/c1-14(27)31-22-21(15-4-7-20(29)30-13-15)25(3)11-9-18-19(26(25)23(22)32-26)6-5-16-12-17(28)8-10-24(16,18)2/h4,7,13,16-19,21-23,28H,5-6,8-12H2,1-3H3/t16?,17-,18-,19+,21-,22+,23+,24-,25+,26+/m0/s1. The first kappa shape index (κ1) is 20.9. The monoisotopic (exact) mass is 442 g/mol. The molecule has 1 aromatic rings. The van der Waals surface area contributed by atoms with Crippen molar-refractivity contribution in [1.29, 1.82) is 0 Å². The Morgan fingerprint density at radius 3 is 2.66 bits per heavy atom. The highest BCUT2D eigenvalue weighted by molar-refractivity contribution is 5.66. The number of aliphatic hydroxyl groups is 1. The van der Waals surface area contributed by atoms with E-state index in [1.54, 1.807) is 6.26 Å². The normalized spacial score (nSPS) is 51.1. The van der Waals surface area contributed by atoms with Gasteiger partial charge in [0.1, 0.15) is 17.8 Å². The lowest BCUT2D eigenvalue weighted by Gasteiger charge is -2.61. The van der Waals surface area contributed by atoms with Gasteiger partial charge < -0.3 is 19.0 Å². The molecule has 4 aliphatic carbocycles. The molecule has 6 nitrogen and oxygen atoms in total. The fourth-order valence-electron chi connectivity index (χ4n) is 9.10. The Morgan fingerprint density at radius 2 is 1.94 bits per heavy atom. The van der Waals surface area contributed by atoms with Crippen LogP contribution in [0.4, 0.5) is 0 Å².